The Labute approximate surface area is 104 Å². The Kier molecular flexibility index (Phi) is 3.43. The van der Waals surface area contributed by atoms with E-state index in [4.69, 9.17) is 5.73 Å². The van der Waals surface area contributed by atoms with Gasteiger partial charge in [-0.2, -0.15) is 0 Å². The van der Waals surface area contributed by atoms with Gasteiger partial charge in [0.15, 0.2) is 0 Å². The minimum Gasteiger partial charge on any atom is -0.508 e. The van der Waals surface area contributed by atoms with Crippen molar-refractivity contribution in [1.29, 1.82) is 0 Å². The number of rotatable bonds is 3. The van der Waals surface area contributed by atoms with Crippen LogP contribution in [0.15, 0.2) is 42.7 Å². The fraction of sp³-hybridized carbons (Fsp3) is 0.0769. The van der Waals surface area contributed by atoms with Crippen molar-refractivity contribution in [1.82, 2.24) is 10.3 Å². The van der Waals surface area contributed by atoms with E-state index in [1.807, 2.05) is 0 Å². The van der Waals surface area contributed by atoms with Crippen LogP contribution in [0.3, 0.4) is 0 Å². The van der Waals surface area contributed by atoms with Gasteiger partial charge >= 0.3 is 0 Å². The molecule has 1 aromatic carbocycles. The largest absolute Gasteiger partial charge is 0.508 e. The number of nitrogens with zero attached hydrogens (tertiary/aromatic N) is 1. The zero-order chi connectivity index (χ0) is 13.0. The van der Waals surface area contributed by atoms with E-state index in [-0.39, 0.29) is 18.2 Å². The zero-order valence-electron chi connectivity index (χ0n) is 9.63. The molecule has 0 aliphatic heterocycles. The lowest BCUT2D eigenvalue weighted by atomic mass is 10.1. The Hall–Kier alpha value is -2.56. The van der Waals surface area contributed by atoms with Gasteiger partial charge in [0.25, 0.3) is 5.91 Å². The highest BCUT2D eigenvalue weighted by atomic mass is 16.3. The zero-order valence-corrected chi connectivity index (χ0v) is 9.63. The molecule has 0 atom stereocenters. The molecule has 1 heterocycles. The second kappa shape index (κ2) is 5.18. The lowest BCUT2D eigenvalue weighted by Crippen LogP contribution is -2.22. The number of benzene rings is 1. The number of amides is 1. The topological polar surface area (TPSA) is 88.2 Å². The summed E-state index contributed by atoms with van der Waals surface area (Å²) in [6.45, 7) is 0.213. The second-order valence-corrected chi connectivity index (χ2v) is 3.81. The van der Waals surface area contributed by atoms with Crippen molar-refractivity contribution in [2.24, 2.45) is 0 Å². The maximum Gasteiger partial charge on any atom is 0.253 e. The van der Waals surface area contributed by atoms with Gasteiger partial charge in [-0.1, -0.05) is 0 Å². The number of nitrogens with two attached hydrogens (primary N) is 1. The molecule has 0 unspecified atom stereocenters. The van der Waals surface area contributed by atoms with Gasteiger partial charge in [0, 0.05) is 30.2 Å². The summed E-state index contributed by atoms with van der Waals surface area (Å²) in [6.07, 6.45) is 3.08. The lowest BCUT2D eigenvalue weighted by Gasteiger charge is -2.07. The maximum atomic E-state index is 11.8. The van der Waals surface area contributed by atoms with Crippen LogP contribution >= 0.6 is 0 Å². The third kappa shape index (κ3) is 2.76. The summed E-state index contributed by atoms with van der Waals surface area (Å²) in [5.74, 6) is -0.138. The number of hydrogen-bond donors (Lipinski definition) is 3. The third-order valence-electron chi connectivity index (χ3n) is 2.47. The molecule has 0 saturated heterocycles. The van der Waals surface area contributed by atoms with Crippen molar-refractivity contribution in [3.05, 3.63) is 53.9 Å². The molecule has 0 fully saturated rings. The van der Waals surface area contributed by atoms with Crippen molar-refractivity contribution in [2.75, 3.05) is 5.73 Å². The smallest absolute Gasteiger partial charge is 0.253 e. The summed E-state index contributed by atoms with van der Waals surface area (Å²) in [4.78, 5) is 15.6. The third-order valence-corrected chi connectivity index (χ3v) is 2.47. The van der Waals surface area contributed by atoms with Crippen molar-refractivity contribution in [3.8, 4) is 5.75 Å². The predicted octanol–water partition coefficient (Wildman–Crippen LogP) is 1.30. The van der Waals surface area contributed by atoms with Crippen LogP contribution in [0.2, 0.25) is 0 Å². The summed E-state index contributed by atoms with van der Waals surface area (Å²) >= 11 is 0. The standard InChI is InChI=1S/C13H13N3O2/c14-11-3-4-12(17)10(6-11)8-16-13(18)9-2-1-5-15-7-9/h1-7,17H,8,14H2,(H,16,18). The molecule has 18 heavy (non-hydrogen) atoms. The van der Waals surface area contributed by atoms with Crippen LogP contribution in [0.5, 0.6) is 5.75 Å². The van der Waals surface area contributed by atoms with Crippen LogP contribution in [0, 0.1) is 0 Å². The van der Waals surface area contributed by atoms with Gasteiger partial charge in [0.1, 0.15) is 5.75 Å². The maximum absolute atomic E-state index is 11.8. The molecule has 5 nitrogen and oxygen atoms in total. The first-order chi connectivity index (χ1) is 8.66. The molecular weight excluding hydrogens is 230 g/mol. The average molecular weight is 243 g/mol. The van der Waals surface area contributed by atoms with E-state index in [1.165, 1.54) is 12.3 Å². The number of nitrogens with one attached hydrogen (secondary N) is 1. The van der Waals surface area contributed by atoms with Crippen molar-refractivity contribution < 1.29 is 9.90 Å². The monoisotopic (exact) mass is 243 g/mol. The molecular formula is C13H13N3O2. The summed E-state index contributed by atoms with van der Waals surface area (Å²) in [5.41, 5.74) is 7.20. The first-order valence-corrected chi connectivity index (χ1v) is 5.42. The number of phenols is 1. The van der Waals surface area contributed by atoms with E-state index in [0.29, 0.717) is 16.8 Å². The van der Waals surface area contributed by atoms with Gasteiger partial charge in [0.05, 0.1) is 5.56 Å². The number of pyridine rings is 1. The molecule has 2 rings (SSSR count). The fourth-order valence-corrected chi connectivity index (χ4v) is 1.52. The SMILES string of the molecule is Nc1ccc(O)c(CNC(=O)c2cccnc2)c1. The molecule has 0 saturated carbocycles. The number of carbonyl (C=O) groups is 1. The quantitative estimate of drug-likeness (QED) is 0.560. The van der Waals surface area contributed by atoms with E-state index in [2.05, 4.69) is 10.3 Å². The van der Waals surface area contributed by atoms with Gasteiger partial charge in [-0.15, -0.1) is 0 Å². The summed E-state index contributed by atoms with van der Waals surface area (Å²) in [6, 6.07) is 8.08. The predicted molar refractivity (Wildman–Crippen MR) is 67.9 cm³/mol. The molecule has 92 valence electrons. The molecule has 0 spiro atoms. The lowest BCUT2D eigenvalue weighted by molar-refractivity contribution is 0.0950. The number of phenolic OH excluding ortho intramolecular Hbond substituents is 1. The van der Waals surface area contributed by atoms with Gasteiger partial charge in [-0.05, 0) is 30.3 Å². The molecule has 5 heteroatoms. The Morgan fingerprint density at radius 3 is 2.94 bits per heavy atom. The first kappa shape index (κ1) is 11.9. The Bertz CT molecular complexity index is 555. The van der Waals surface area contributed by atoms with E-state index >= 15 is 0 Å². The Morgan fingerprint density at radius 1 is 1.39 bits per heavy atom. The minimum atomic E-state index is -0.245. The van der Waals surface area contributed by atoms with Crippen molar-refractivity contribution in [2.45, 2.75) is 6.54 Å². The molecule has 0 bridgehead atoms. The van der Waals surface area contributed by atoms with E-state index in [0.717, 1.165) is 0 Å². The number of nitrogen functional groups attached to an aromatic ring is 1. The number of anilines is 1. The molecule has 0 radical (unpaired) electrons. The highest BCUT2D eigenvalue weighted by molar-refractivity contribution is 5.93. The van der Waals surface area contributed by atoms with Crippen LogP contribution in [0.4, 0.5) is 5.69 Å². The van der Waals surface area contributed by atoms with Crippen LogP contribution < -0.4 is 11.1 Å². The highest BCUT2D eigenvalue weighted by Gasteiger charge is 2.07. The molecule has 1 amide bonds. The summed E-state index contributed by atoms with van der Waals surface area (Å²) < 4.78 is 0. The molecule has 1 aromatic heterocycles. The molecule has 0 aliphatic rings. The average Bonchev–Trinajstić information content (AvgIpc) is 2.40. The van der Waals surface area contributed by atoms with E-state index in [1.54, 1.807) is 30.5 Å². The Balaban J connectivity index is 2.04. The number of aromatic nitrogens is 1. The van der Waals surface area contributed by atoms with Gasteiger partial charge in [-0.3, -0.25) is 9.78 Å². The van der Waals surface area contributed by atoms with E-state index < -0.39 is 0 Å². The van der Waals surface area contributed by atoms with Crippen LogP contribution in [-0.4, -0.2) is 16.0 Å². The minimum absolute atomic E-state index is 0.107. The number of hydrogen-bond acceptors (Lipinski definition) is 4. The first-order valence-electron chi connectivity index (χ1n) is 5.42. The fourth-order valence-electron chi connectivity index (χ4n) is 1.52. The van der Waals surface area contributed by atoms with Crippen molar-refractivity contribution >= 4 is 11.6 Å². The van der Waals surface area contributed by atoms with Gasteiger partial charge < -0.3 is 16.2 Å². The Morgan fingerprint density at radius 2 is 2.22 bits per heavy atom. The summed E-state index contributed by atoms with van der Waals surface area (Å²) in [5, 5.41) is 12.3. The molecule has 4 N–H and O–H groups in total. The molecule has 2 aromatic rings. The number of carbonyl (C=O) groups excluding carboxylic acids is 1. The number of aromatic hydroxyl groups is 1. The van der Waals surface area contributed by atoms with Crippen LogP contribution in [0.1, 0.15) is 15.9 Å². The second-order valence-electron chi connectivity index (χ2n) is 3.81. The van der Waals surface area contributed by atoms with Gasteiger partial charge in [-0.25, -0.2) is 0 Å². The van der Waals surface area contributed by atoms with Crippen LogP contribution in [0.25, 0.3) is 0 Å². The highest BCUT2D eigenvalue weighted by Crippen LogP contribution is 2.19. The normalized spacial score (nSPS) is 10.0. The van der Waals surface area contributed by atoms with E-state index in [9.17, 15) is 9.90 Å². The molecule has 0 aliphatic carbocycles. The summed E-state index contributed by atoms with van der Waals surface area (Å²) in [7, 11) is 0. The van der Waals surface area contributed by atoms with Crippen molar-refractivity contribution in [3.63, 3.8) is 0 Å². The van der Waals surface area contributed by atoms with Gasteiger partial charge in [0.2, 0.25) is 0 Å². The van der Waals surface area contributed by atoms with Crippen LogP contribution in [-0.2, 0) is 6.54 Å².